The van der Waals surface area contributed by atoms with Crippen LogP contribution in [0.3, 0.4) is 0 Å². The minimum absolute atomic E-state index is 0.214. The van der Waals surface area contributed by atoms with E-state index in [1.165, 1.54) is 4.68 Å². The molecule has 1 heterocycles. The first kappa shape index (κ1) is 12.1. The van der Waals surface area contributed by atoms with E-state index in [1.54, 1.807) is 14.0 Å². The normalized spacial score (nSPS) is 9.38. The fourth-order valence-electron chi connectivity index (χ4n) is 1.14. The van der Waals surface area contributed by atoms with Crippen LogP contribution in [0, 0.1) is 12.9 Å². The van der Waals surface area contributed by atoms with Gasteiger partial charge in [-0.05, 0) is 13.3 Å². The van der Waals surface area contributed by atoms with Crippen LogP contribution in [-0.2, 0) is 13.5 Å². The quantitative estimate of drug-likeness (QED) is 0.694. The Morgan fingerprint density at radius 1 is 1.38 bits per heavy atom. The van der Waals surface area contributed by atoms with Gasteiger partial charge in [0.15, 0.2) is 0 Å². The molecule has 0 unspecified atom stereocenters. The first-order chi connectivity index (χ1) is 6.16. The Hall–Kier alpha value is -0.860. The first-order valence-corrected chi connectivity index (χ1v) is 4.84. The van der Waals surface area contributed by atoms with E-state index in [-0.39, 0.29) is 5.95 Å². The molecule has 0 fully saturated rings. The third-order valence-corrected chi connectivity index (χ3v) is 1.78. The second-order valence-electron chi connectivity index (χ2n) is 2.74. The maximum absolute atomic E-state index is 13.0. The zero-order valence-electron chi connectivity index (χ0n) is 9.19. The molecular weight excluding hydrogens is 167 g/mol. The molecule has 0 atom stereocenters. The van der Waals surface area contributed by atoms with Crippen LogP contribution in [0.1, 0.15) is 38.4 Å². The van der Waals surface area contributed by atoms with Gasteiger partial charge in [0.25, 0.3) is 0 Å². The number of aryl methyl sites for hydroxylation is 2. The van der Waals surface area contributed by atoms with Gasteiger partial charge >= 0.3 is 0 Å². The van der Waals surface area contributed by atoms with E-state index in [0.717, 1.165) is 18.5 Å². The van der Waals surface area contributed by atoms with Gasteiger partial charge in [-0.3, -0.25) is 0 Å². The molecule has 0 aliphatic rings. The summed E-state index contributed by atoms with van der Waals surface area (Å²) < 4.78 is 14.3. The summed E-state index contributed by atoms with van der Waals surface area (Å²) >= 11 is 0. The van der Waals surface area contributed by atoms with E-state index < -0.39 is 0 Å². The molecule has 0 amide bonds. The number of hydrogen-bond acceptors (Lipinski definition) is 1. The summed E-state index contributed by atoms with van der Waals surface area (Å²) in [6.45, 7) is 7.83. The SMILES string of the molecule is CC.CCCc1nn(C)c(F)c1C. The first-order valence-electron chi connectivity index (χ1n) is 4.84. The van der Waals surface area contributed by atoms with E-state index in [0.29, 0.717) is 5.56 Å². The van der Waals surface area contributed by atoms with Gasteiger partial charge in [-0.1, -0.05) is 27.2 Å². The van der Waals surface area contributed by atoms with E-state index in [1.807, 2.05) is 13.8 Å². The molecule has 0 aromatic carbocycles. The van der Waals surface area contributed by atoms with Crippen molar-refractivity contribution >= 4 is 0 Å². The second-order valence-corrected chi connectivity index (χ2v) is 2.74. The van der Waals surface area contributed by atoms with Crippen LogP contribution in [-0.4, -0.2) is 9.78 Å². The lowest BCUT2D eigenvalue weighted by Crippen LogP contribution is -1.94. The van der Waals surface area contributed by atoms with E-state index in [2.05, 4.69) is 12.0 Å². The topological polar surface area (TPSA) is 17.8 Å². The average molecular weight is 186 g/mol. The van der Waals surface area contributed by atoms with Crippen LogP contribution in [0.2, 0.25) is 0 Å². The maximum Gasteiger partial charge on any atom is 0.214 e. The minimum Gasteiger partial charge on any atom is -0.242 e. The van der Waals surface area contributed by atoms with Crippen molar-refractivity contribution in [3.8, 4) is 0 Å². The Balaban J connectivity index is 0.000000671. The van der Waals surface area contributed by atoms with Gasteiger partial charge in [-0.2, -0.15) is 9.49 Å². The smallest absolute Gasteiger partial charge is 0.214 e. The zero-order valence-corrected chi connectivity index (χ0v) is 9.19. The lowest BCUT2D eigenvalue weighted by Gasteiger charge is -1.90. The van der Waals surface area contributed by atoms with Crippen LogP contribution in [0.4, 0.5) is 4.39 Å². The molecular formula is C10H19FN2. The second kappa shape index (κ2) is 5.73. The summed E-state index contributed by atoms with van der Waals surface area (Å²) in [5.41, 5.74) is 1.57. The summed E-state index contributed by atoms with van der Waals surface area (Å²) in [5.74, 6) is -0.214. The Kier molecular flexibility index (Phi) is 5.35. The van der Waals surface area contributed by atoms with Crippen molar-refractivity contribution in [2.24, 2.45) is 7.05 Å². The number of aromatic nitrogens is 2. The van der Waals surface area contributed by atoms with Crippen molar-refractivity contribution in [3.05, 3.63) is 17.2 Å². The predicted molar refractivity (Wildman–Crippen MR) is 53.2 cm³/mol. The van der Waals surface area contributed by atoms with Gasteiger partial charge in [0.1, 0.15) is 0 Å². The summed E-state index contributed by atoms with van der Waals surface area (Å²) in [7, 11) is 1.63. The Morgan fingerprint density at radius 3 is 2.23 bits per heavy atom. The number of nitrogens with zero attached hydrogens (tertiary/aromatic N) is 2. The third kappa shape index (κ3) is 2.83. The van der Waals surface area contributed by atoms with Crippen molar-refractivity contribution in [3.63, 3.8) is 0 Å². The van der Waals surface area contributed by atoms with Gasteiger partial charge in [-0.15, -0.1) is 0 Å². The van der Waals surface area contributed by atoms with Crippen molar-refractivity contribution in [2.75, 3.05) is 0 Å². The average Bonchev–Trinajstić information content (AvgIpc) is 2.38. The highest BCUT2D eigenvalue weighted by atomic mass is 19.1. The van der Waals surface area contributed by atoms with Gasteiger partial charge in [0, 0.05) is 12.6 Å². The van der Waals surface area contributed by atoms with Gasteiger partial charge < -0.3 is 0 Å². The molecule has 1 aromatic heterocycles. The van der Waals surface area contributed by atoms with Crippen molar-refractivity contribution < 1.29 is 4.39 Å². The molecule has 3 heteroatoms. The summed E-state index contributed by atoms with van der Waals surface area (Å²) in [5, 5.41) is 4.04. The number of hydrogen-bond donors (Lipinski definition) is 0. The highest BCUT2D eigenvalue weighted by molar-refractivity contribution is 5.16. The summed E-state index contributed by atoms with van der Waals surface area (Å²) in [6.07, 6.45) is 1.88. The fourth-order valence-corrected chi connectivity index (χ4v) is 1.14. The molecule has 0 N–H and O–H groups in total. The summed E-state index contributed by atoms with van der Waals surface area (Å²) in [6, 6.07) is 0. The predicted octanol–water partition coefficient (Wildman–Crippen LogP) is 2.85. The Morgan fingerprint density at radius 2 is 1.92 bits per heavy atom. The van der Waals surface area contributed by atoms with Gasteiger partial charge in [0.05, 0.1) is 5.69 Å². The highest BCUT2D eigenvalue weighted by Crippen LogP contribution is 2.11. The largest absolute Gasteiger partial charge is 0.242 e. The molecule has 1 aromatic rings. The lowest BCUT2D eigenvalue weighted by molar-refractivity contribution is 0.498. The number of halogens is 1. The third-order valence-electron chi connectivity index (χ3n) is 1.78. The highest BCUT2D eigenvalue weighted by Gasteiger charge is 2.09. The minimum atomic E-state index is -0.214. The lowest BCUT2D eigenvalue weighted by atomic mass is 10.2. The molecule has 76 valence electrons. The van der Waals surface area contributed by atoms with E-state index >= 15 is 0 Å². The molecule has 13 heavy (non-hydrogen) atoms. The Bertz CT molecular complexity index is 254. The van der Waals surface area contributed by atoms with Gasteiger partial charge in [-0.25, -0.2) is 4.68 Å². The molecule has 0 aliphatic carbocycles. The fraction of sp³-hybridized carbons (Fsp3) is 0.700. The Labute approximate surface area is 79.8 Å². The molecule has 0 radical (unpaired) electrons. The molecule has 0 bridgehead atoms. The summed E-state index contributed by atoms with van der Waals surface area (Å²) in [4.78, 5) is 0. The van der Waals surface area contributed by atoms with Crippen molar-refractivity contribution in [1.29, 1.82) is 0 Å². The molecule has 0 saturated heterocycles. The van der Waals surface area contributed by atoms with Crippen LogP contribution < -0.4 is 0 Å². The monoisotopic (exact) mass is 186 g/mol. The van der Waals surface area contributed by atoms with E-state index in [4.69, 9.17) is 0 Å². The van der Waals surface area contributed by atoms with Crippen molar-refractivity contribution in [2.45, 2.75) is 40.5 Å². The molecule has 0 saturated carbocycles. The van der Waals surface area contributed by atoms with Gasteiger partial charge in [0.2, 0.25) is 5.95 Å². The standard InChI is InChI=1S/C8H13FN2.C2H6/c1-4-5-7-6(2)8(9)11(3)10-7;1-2/h4-5H2,1-3H3;1-2H3. The molecule has 2 nitrogen and oxygen atoms in total. The molecule has 0 spiro atoms. The number of rotatable bonds is 2. The van der Waals surface area contributed by atoms with E-state index in [9.17, 15) is 4.39 Å². The van der Waals surface area contributed by atoms with Crippen molar-refractivity contribution in [1.82, 2.24) is 9.78 Å². The van der Waals surface area contributed by atoms with Crippen LogP contribution in [0.25, 0.3) is 0 Å². The maximum atomic E-state index is 13.0. The van der Waals surface area contributed by atoms with Crippen LogP contribution in [0.15, 0.2) is 0 Å². The zero-order chi connectivity index (χ0) is 10.4. The molecule has 1 rings (SSSR count). The molecule has 0 aliphatic heterocycles. The van der Waals surface area contributed by atoms with Crippen LogP contribution in [0.5, 0.6) is 0 Å². The van der Waals surface area contributed by atoms with Crippen LogP contribution >= 0.6 is 0 Å².